The number of benzene rings is 2. The highest BCUT2D eigenvalue weighted by Gasteiger charge is 2.11. The van der Waals surface area contributed by atoms with Gasteiger partial charge in [-0.15, -0.1) is 11.3 Å². The predicted molar refractivity (Wildman–Crippen MR) is 94.3 cm³/mol. The smallest absolute Gasteiger partial charge is 0.263 e. The summed E-state index contributed by atoms with van der Waals surface area (Å²) in [6.07, 6.45) is 0. The van der Waals surface area contributed by atoms with Crippen molar-refractivity contribution < 1.29 is 9.53 Å². The van der Waals surface area contributed by atoms with E-state index >= 15 is 0 Å². The average molecular weight is 323 g/mol. The number of ether oxygens (including phenoxy) is 1. The van der Waals surface area contributed by atoms with Gasteiger partial charge in [0, 0.05) is 19.0 Å². The van der Waals surface area contributed by atoms with Crippen LogP contribution >= 0.6 is 11.3 Å². The van der Waals surface area contributed by atoms with Gasteiger partial charge in [0.15, 0.2) is 0 Å². The lowest BCUT2D eigenvalue weighted by molar-refractivity contribution is 0.0832. The minimum atomic E-state index is 0.0327. The van der Waals surface area contributed by atoms with E-state index in [1.54, 1.807) is 19.0 Å². The number of rotatable bonds is 4. The first kappa shape index (κ1) is 15.3. The van der Waals surface area contributed by atoms with E-state index in [2.05, 4.69) is 0 Å². The molecule has 0 saturated heterocycles. The van der Waals surface area contributed by atoms with E-state index in [0.29, 0.717) is 0 Å². The summed E-state index contributed by atoms with van der Waals surface area (Å²) in [5.41, 5.74) is 1.08. The third kappa shape index (κ3) is 3.60. The highest BCUT2D eigenvalue weighted by atomic mass is 32.1. The van der Waals surface area contributed by atoms with Gasteiger partial charge in [-0.05, 0) is 54.1 Å². The molecule has 0 spiro atoms. The van der Waals surface area contributed by atoms with Crippen LogP contribution in [0.2, 0.25) is 0 Å². The van der Waals surface area contributed by atoms with Gasteiger partial charge in [0.05, 0.1) is 4.88 Å². The summed E-state index contributed by atoms with van der Waals surface area (Å²) in [6.45, 7) is 0. The quantitative estimate of drug-likeness (QED) is 0.683. The van der Waals surface area contributed by atoms with Gasteiger partial charge in [0.25, 0.3) is 5.91 Å². The summed E-state index contributed by atoms with van der Waals surface area (Å²) in [5.74, 6) is 1.64. The number of amides is 1. The van der Waals surface area contributed by atoms with Crippen molar-refractivity contribution in [2.24, 2.45) is 0 Å². The van der Waals surface area contributed by atoms with Crippen molar-refractivity contribution >= 4 is 17.2 Å². The second kappa shape index (κ2) is 6.67. The minimum Gasteiger partial charge on any atom is -0.457 e. The fourth-order valence-electron chi connectivity index (χ4n) is 2.14. The summed E-state index contributed by atoms with van der Waals surface area (Å²) in [5, 5.41) is 0. The van der Waals surface area contributed by atoms with Gasteiger partial charge in [-0.3, -0.25) is 4.79 Å². The SMILES string of the molecule is CN(C)C(=O)c1ccc(-c2ccc(Oc3ccccc3)cc2)s1. The molecule has 0 fully saturated rings. The molecule has 0 aliphatic heterocycles. The third-order valence-corrected chi connectivity index (χ3v) is 4.46. The Hall–Kier alpha value is -2.59. The van der Waals surface area contributed by atoms with Crippen molar-refractivity contribution in [3.8, 4) is 21.9 Å². The second-order valence-corrected chi connectivity index (χ2v) is 6.39. The van der Waals surface area contributed by atoms with Crippen molar-refractivity contribution in [1.82, 2.24) is 4.90 Å². The number of carbonyl (C=O) groups excluding carboxylic acids is 1. The molecule has 0 saturated carbocycles. The Kier molecular flexibility index (Phi) is 4.44. The highest BCUT2D eigenvalue weighted by molar-refractivity contribution is 7.17. The van der Waals surface area contributed by atoms with Crippen LogP contribution in [0, 0.1) is 0 Å². The van der Waals surface area contributed by atoms with Crippen molar-refractivity contribution in [1.29, 1.82) is 0 Å². The van der Waals surface area contributed by atoms with Gasteiger partial charge in [0.2, 0.25) is 0 Å². The van der Waals surface area contributed by atoms with Crippen molar-refractivity contribution in [3.63, 3.8) is 0 Å². The average Bonchev–Trinajstić information content (AvgIpc) is 3.05. The Labute approximate surface area is 139 Å². The number of hydrogen-bond donors (Lipinski definition) is 0. The largest absolute Gasteiger partial charge is 0.457 e. The van der Waals surface area contributed by atoms with Gasteiger partial charge in [-0.2, -0.15) is 0 Å². The van der Waals surface area contributed by atoms with Gasteiger partial charge in [-0.25, -0.2) is 0 Å². The lowest BCUT2D eigenvalue weighted by Crippen LogP contribution is -2.20. The van der Waals surface area contributed by atoms with E-state index in [0.717, 1.165) is 26.8 Å². The zero-order chi connectivity index (χ0) is 16.2. The predicted octanol–water partition coefficient (Wildman–Crippen LogP) is 4.91. The Morgan fingerprint density at radius 2 is 1.52 bits per heavy atom. The Balaban J connectivity index is 1.76. The molecule has 0 bridgehead atoms. The van der Waals surface area contributed by atoms with Gasteiger partial charge in [-0.1, -0.05) is 18.2 Å². The molecule has 0 radical (unpaired) electrons. The molecule has 23 heavy (non-hydrogen) atoms. The maximum Gasteiger partial charge on any atom is 0.263 e. The molecule has 0 unspecified atom stereocenters. The number of thiophene rings is 1. The van der Waals surface area contributed by atoms with Crippen LogP contribution in [0.4, 0.5) is 0 Å². The van der Waals surface area contributed by atoms with Crippen LogP contribution in [0.15, 0.2) is 66.7 Å². The maximum atomic E-state index is 12.0. The fourth-order valence-corrected chi connectivity index (χ4v) is 3.17. The van der Waals surface area contributed by atoms with Crippen LogP contribution in [-0.2, 0) is 0 Å². The zero-order valence-electron chi connectivity index (χ0n) is 13.0. The molecule has 0 aliphatic carbocycles. The highest BCUT2D eigenvalue weighted by Crippen LogP contribution is 2.31. The van der Waals surface area contributed by atoms with E-state index in [1.807, 2.05) is 66.7 Å². The first-order valence-corrected chi connectivity index (χ1v) is 8.10. The van der Waals surface area contributed by atoms with E-state index in [9.17, 15) is 4.79 Å². The molecule has 0 aliphatic rings. The lowest BCUT2D eigenvalue weighted by Gasteiger charge is -2.07. The molecule has 3 rings (SSSR count). The Morgan fingerprint density at radius 1 is 0.870 bits per heavy atom. The number of nitrogens with zero attached hydrogens (tertiary/aromatic N) is 1. The van der Waals surface area contributed by atoms with Gasteiger partial charge < -0.3 is 9.64 Å². The molecule has 3 aromatic rings. The van der Waals surface area contributed by atoms with Crippen molar-refractivity contribution in [3.05, 3.63) is 71.6 Å². The summed E-state index contributed by atoms with van der Waals surface area (Å²) >= 11 is 1.50. The van der Waals surface area contributed by atoms with Gasteiger partial charge in [0.1, 0.15) is 11.5 Å². The molecule has 0 atom stereocenters. The summed E-state index contributed by atoms with van der Waals surface area (Å²) < 4.78 is 5.79. The van der Waals surface area contributed by atoms with E-state index in [-0.39, 0.29) is 5.91 Å². The van der Waals surface area contributed by atoms with E-state index < -0.39 is 0 Å². The Morgan fingerprint density at radius 3 is 2.17 bits per heavy atom. The summed E-state index contributed by atoms with van der Waals surface area (Å²) in [7, 11) is 3.52. The summed E-state index contributed by atoms with van der Waals surface area (Å²) in [4.78, 5) is 15.4. The molecule has 1 aromatic heterocycles. The van der Waals surface area contributed by atoms with Crippen LogP contribution in [0.5, 0.6) is 11.5 Å². The van der Waals surface area contributed by atoms with Crippen molar-refractivity contribution in [2.75, 3.05) is 14.1 Å². The lowest BCUT2D eigenvalue weighted by atomic mass is 10.2. The monoisotopic (exact) mass is 323 g/mol. The molecule has 1 heterocycles. The Bertz CT molecular complexity index is 792. The molecule has 1 amide bonds. The minimum absolute atomic E-state index is 0.0327. The number of carbonyl (C=O) groups is 1. The summed E-state index contributed by atoms with van der Waals surface area (Å²) in [6, 6.07) is 21.4. The second-order valence-electron chi connectivity index (χ2n) is 5.30. The topological polar surface area (TPSA) is 29.5 Å². The van der Waals surface area contributed by atoms with Crippen LogP contribution in [0.1, 0.15) is 9.67 Å². The van der Waals surface area contributed by atoms with Gasteiger partial charge >= 0.3 is 0 Å². The number of hydrogen-bond acceptors (Lipinski definition) is 3. The van der Waals surface area contributed by atoms with Crippen LogP contribution in [0.25, 0.3) is 10.4 Å². The first-order valence-electron chi connectivity index (χ1n) is 7.28. The maximum absolute atomic E-state index is 12.0. The molecule has 2 aromatic carbocycles. The normalized spacial score (nSPS) is 10.3. The molecule has 4 heteroatoms. The standard InChI is InChI=1S/C19H17NO2S/c1-20(2)19(21)18-13-12-17(23-18)14-8-10-16(11-9-14)22-15-6-4-3-5-7-15/h3-13H,1-2H3. The first-order chi connectivity index (χ1) is 11.1. The third-order valence-electron chi connectivity index (χ3n) is 3.34. The molecule has 116 valence electrons. The van der Waals surface area contributed by atoms with Crippen molar-refractivity contribution in [2.45, 2.75) is 0 Å². The number of para-hydroxylation sites is 1. The van der Waals surface area contributed by atoms with E-state index in [1.165, 1.54) is 11.3 Å². The molecule has 0 N–H and O–H groups in total. The van der Waals surface area contributed by atoms with E-state index in [4.69, 9.17) is 4.74 Å². The molecular weight excluding hydrogens is 306 g/mol. The van der Waals surface area contributed by atoms with Crippen LogP contribution < -0.4 is 4.74 Å². The van der Waals surface area contributed by atoms with Crippen LogP contribution in [0.3, 0.4) is 0 Å². The molecular formula is C19H17NO2S. The van der Waals surface area contributed by atoms with Crippen LogP contribution in [-0.4, -0.2) is 24.9 Å². The fraction of sp³-hybridized carbons (Fsp3) is 0.105. The molecule has 3 nitrogen and oxygen atoms in total. The zero-order valence-corrected chi connectivity index (χ0v) is 13.8.